The van der Waals surface area contributed by atoms with Crippen LogP contribution >= 0.6 is 0 Å². The Morgan fingerprint density at radius 1 is 0.882 bits per heavy atom. The Kier molecular flexibility index (Phi) is 2.66. The minimum absolute atomic E-state index is 0.0438. The lowest BCUT2D eigenvalue weighted by molar-refractivity contribution is 0.252. The molecule has 0 amide bonds. The van der Waals surface area contributed by atoms with Crippen molar-refractivity contribution in [1.29, 1.82) is 0 Å². The zero-order valence-corrected chi connectivity index (χ0v) is 9.54. The summed E-state index contributed by atoms with van der Waals surface area (Å²) in [6.07, 6.45) is 5.36. The van der Waals surface area contributed by atoms with Crippen LogP contribution in [0.3, 0.4) is 0 Å². The van der Waals surface area contributed by atoms with E-state index >= 15 is 0 Å². The maximum atomic E-state index is 5.99. The molecule has 0 aromatic heterocycles. The summed E-state index contributed by atoms with van der Waals surface area (Å²) < 4.78 is 5.99. The molecule has 2 aromatic carbocycles. The van der Waals surface area contributed by atoms with E-state index in [1.807, 2.05) is 30.3 Å². The van der Waals surface area contributed by atoms with E-state index in [9.17, 15) is 0 Å². The summed E-state index contributed by atoms with van der Waals surface area (Å²) in [5, 5.41) is 0. The molecule has 1 aliphatic rings. The summed E-state index contributed by atoms with van der Waals surface area (Å²) in [6, 6.07) is 18.4. The predicted octanol–water partition coefficient (Wildman–Crippen LogP) is 3.92. The van der Waals surface area contributed by atoms with Crippen molar-refractivity contribution in [3.63, 3.8) is 0 Å². The molecule has 0 bridgehead atoms. The molecule has 0 saturated heterocycles. The molecule has 1 nitrogen and oxygen atoms in total. The van der Waals surface area contributed by atoms with Crippen LogP contribution < -0.4 is 4.74 Å². The predicted molar refractivity (Wildman–Crippen MR) is 69.1 cm³/mol. The van der Waals surface area contributed by atoms with E-state index in [0.717, 1.165) is 12.2 Å². The van der Waals surface area contributed by atoms with Crippen LogP contribution in [0.2, 0.25) is 0 Å². The third-order valence-electron chi connectivity index (χ3n) is 3.02. The smallest absolute Gasteiger partial charge is 0.142 e. The van der Waals surface area contributed by atoms with Crippen LogP contribution in [0.1, 0.15) is 17.2 Å². The molecule has 0 spiro atoms. The monoisotopic (exact) mass is 222 g/mol. The molecule has 84 valence electrons. The Balaban J connectivity index is 1.89. The van der Waals surface area contributed by atoms with Gasteiger partial charge in [-0.3, -0.25) is 0 Å². The summed E-state index contributed by atoms with van der Waals surface area (Å²) in [4.78, 5) is 0. The Hall–Kier alpha value is -2.02. The fraction of sp³-hybridized carbons (Fsp3) is 0.125. The maximum absolute atomic E-state index is 5.99. The second-order valence-corrected chi connectivity index (χ2v) is 4.18. The van der Waals surface area contributed by atoms with Crippen molar-refractivity contribution in [1.82, 2.24) is 0 Å². The highest BCUT2D eigenvalue weighted by Crippen LogP contribution is 2.29. The standard InChI is InChI=1S/C16H14O/c1-2-9-14(10-3-1)17-16-12-6-8-13-7-4-5-11-15(13)16/h1-7,9-12,16H,8H2. The number of hydrogen-bond donors (Lipinski definition) is 0. The topological polar surface area (TPSA) is 9.23 Å². The van der Waals surface area contributed by atoms with Crippen LogP contribution in [0, 0.1) is 0 Å². The SMILES string of the molecule is C1=CC(Oc2ccccc2)c2ccccc2C1. The van der Waals surface area contributed by atoms with Crippen molar-refractivity contribution in [3.8, 4) is 5.75 Å². The van der Waals surface area contributed by atoms with Crippen molar-refractivity contribution in [3.05, 3.63) is 77.9 Å². The molecule has 0 heterocycles. The van der Waals surface area contributed by atoms with Gasteiger partial charge in [-0.05, 0) is 35.8 Å². The molecule has 0 radical (unpaired) electrons. The first-order chi connectivity index (χ1) is 8.43. The molecular weight excluding hydrogens is 208 g/mol. The highest BCUT2D eigenvalue weighted by atomic mass is 16.5. The number of fused-ring (bicyclic) bond motifs is 1. The molecule has 2 aromatic rings. The van der Waals surface area contributed by atoms with Gasteiger partial charge in [-0.25, -0.2) is 0 Å². The second kappa shape index (κ2) is 4.46. The second-order valence-electron chi connectivity index (χ2n) is 4.18. The summed E-state index contributed by atoms with van der Waals surface area (Å²) >= 11 is 0. The minimum Gasteiger partial charge on any atom is -0.482 e. The van der Waals surface area contributed by atoms with Gasteiger partial charge in [-0.1, -0.05) is 48.5 Å². The van der Waals surface area contributed by atoms with Crippen LogP contribution in [-0.4, -0.2) is 0 Å². The fourth-order valence-electron chi connectivity index (χ4n) is 2.17. The van der Waals surface area contributed by atoms with Crippen LogP contribution in [0.5, 0.6) is 5.75 Å². The summed E-state index contributed by atoms with van der Waals surface area (Å²) in [6.45, 7) is 0. The Bertz CT molecular complexity index is 528. The van der Waals surface area contributed by atoms with Gasteiger partial charge >= 0.3 is 0 Å². The van der Waals surface area contributed by atoms with E-state index in [1.54, 1.807) is 0 Å². The van der Waals surface area contributed by atoms with E-state index < -0.39 is 0 Å². The third-order valence-corrected chi connectivity index (χ3v) is 3.02. The number of ether oxygens (including phenoxy) is 1. The van der Waals surface area contributed by atoms with E-state index in [-0.39, 0.29) is 6.10 Å². The number of hydrogen-bond acceptors (Lipinski definition) is 1. The quantitative estimate of drug-likeness (QED) is 0.700. The zero-order valence-electron chi connectivity index (χ0n) is 9.54. The Morgan fingerprint density at radius 3 is 2.53 bits per heavy atom. The first-order valence-electron chi connectivity index (χ1n) is 5.90. The van der Waals surface area contributed by atoms with Gasteiger partial charge in [-0.15, -0.1) is 0 Å². The number of para-hydroxylation sites is 1. The van der Waals surface area contributed by atoms with E-state index in [0.29, 0.717) is 0 Å². The van der Waals surface area contributed by atoms with Crippen LogP contribution in [0.15, 0.2) is 66.7 Å². The molecule has 17 heavy (non-hydrogen) atoms. The van der Waals surface area contributed by atoms with E-state index in [1.165, 1.54) is 11.1 Å². The fourth-order valence-corrected chi connectivity index (χ4v) is 2.17. The van der Waals surface area contributed by atoms with Crippen molar-refractivity contribution in [2.75, 3.05) is 0 Å². The normalized spacial score (nSPS) is 17.5. The number of rotatable bonds is 2. The summed E-state index contributed by atoms with van der Waals surface area (Å²) in [5.74, 6) is 0.916. The van der Waals surface area contributed by atoms with Crippen molar-refractivity contribution in [2.45, 2.75) is 12.5 Å². The molecule has 1 aliphatic carbocycles. The molecule has 1 atom stereocenters. The third kappa shape index (κ3) is 2.09. The molecule has 1 unspecified atom stereocenters. The van der Waals surface area contributed by atoms with Crippen LogP contribution in [0.25, 0.3) is 0 Å². The molecule has 0 saturated carbocycles. The molecule has 0 aliphatic heterocycles. The average Bonchev–Trinajstić information content (AvgIpc) is 2.40. The van der Waals surface area contributed by atoms with Gasteiger partial charge in [0, 0.05) is 0 Å². The van der Waals surface area contributed by atoms with Gasteiger partial charge in [-0.2, -0.15) is 0 Å². The molecule has 3 rings (SSSR count). The van der Waals surface area contributed by atoms with Gasteiger partial charge in [0.25, 0.3) is 0 Å². The number of allylic oxidation sites excluding steroid dienone is 1. The zero-order chi connectivity index (χ0) is 11.5. The number of benzene rings is 2. The largest absolute Gasteiger partial charge is 0.482 e. The van der Waals surface area contributed by atoms with E-state index in [2.05, 4.69) is 36.4 Å². The highest BCUT2D eigenvalue weighted by Gasteiger charge is 2.16. The van der Waals surface area contributed by atoms with Crippen molar-refractivity contribution < 1.29 is 4.74 Å². The van der Waals surface area contributed by atoms with Crippen LogP contribution in [0.4, 0.5) is 0 Å². The molecule has 1 heteroatoms. The van der Waals surface area contributed by atoms with Gasteiger partial charge in [0.15, 0.2) is 0 Å². The Labute approximate surface area is 101 Å². The Morgan fingerprint density at radius 2 is 1.65 bits per heavy atom. The van der Waals surface area contributed by atoms with Gasteiger partial charge in [0.05, 0.1) is 0 Å². The lowest BCUT2D eigenvalue weighted by atomic mass is 9.95. The van der Waals surface area contributed by atoms with Gasteiger partial charge < -0.3 is 4.74 Å². The maximum Gasteiger partial charge on any atom is 0.142 e. The summed E-state index contributed by atoms with van der Waals surface area (Å²) in [7, 11) is 0. The van der Waals surface area contributed by atoms with Gasteiger partial charge in [0.2, 0.25) is 0 Å². The average molecular weight is 222 g/mol. The van der Waals surface area contributed by atoms with Gasteiger partial charge in [0.1, 0.15) is 11.9 Å². The first kappa shape index (κ1) is 10.2. The molecular formula is C16H14O. The molecule has 0 fully saturated rings. The van der Waals surface area contributed by atoms with Crippen molar-refractivity contribution in [2.24, 2.45) is 0 Å². The summed E-state index contributed by atoms with van der Waals surface area (Å²) in [5.41, 5.74) is 2.63. The molecule has 0 N–H and O–H groups in total. The lowest BCUT2D eigenvalue weighted by Crippen LogP contribution is -2.10. The van der Waals surface area contributed by atoms with E-state index in [4.69, 9.17) is 4.74 Å². The lowest BCUT2D eigenvalue weighted by Gasteiger charge is -2.22. The minimum atomic E-state index is 0.0438. The van der Waals surface area contributed by atoms with Crippen LogP contribution in [-0.2, 0) is 6.42 Å². The van der Waals surface area contributed by atoms with Crippen molar-refractivity contribution >= 4 is 0 Å². The highest BCUT2D eigenvalue weighted by molar-refractivity contribution is 5.37. The first-order valence-corrected chi connectivity index (χ1v) is 5.90.